The van der Waals surface area contributed by atoms with Gasteiger partial charge in [0.05, 0.1) is 6.42 Å². The molecule has 114 valence electrons. The van der Waals surface area contributed by atoms with Gasteiger partial charge in [-0.1, -0.05) is 31.2 Å². The minimum absolute atomic E-state index is 0.0886. The van der Waals surface area contributed by atoms with Crippen molar-refractivity contribution in [3.63, 3.8) is 0 Å². The van der Waals surface area contributed by atoms with Crippen molar-refractivity contribution in [2.75, 3.05) is 24.5 Å². The monoisotopic (exact) mass is 290 g/mol. The molecule has 0 saturated heterocycles. The van der Waals surface area contributed by atoms with E-state index in [0.717, 1.165) is 6.42 Å². The predicted molar refractivity (Wildman–Crippen MR) is 83.5 cm³/mol. The van der Waals surface area contributed by atoms with Crippen molar-refractivity contribution in [1.29, 1.82) is 0 Å². The number of hydrogen-bond acceptors (Lipinski definition) is 2. The number of para-hydroxylation sites is 1. The highest BCUT2D eigenvalue weighted by atomic mass is 16.4. The number of benzene rings is 1. The molecular weight excluding hydrogens is 268 g/mol. The number of carbonyl (C=O) groups excluding carboxylic acids is 1. The number of carboxylic acids is 1. The molecule has 1 rings (SSSR count). The Morgan fingerprint density at radius 3 is 2.43 bits per heavy atom. The first kappa shape index (κ1) is 16.8. The van der Waals surface area contributed by atoms with Crippen molar-refractivity contribution in [1.82, 2.24) is 4.90 Å². The number of rotatable bonds is 8. The Bertz CT molecular complexity index is 474. The summed E-state index contributed by atoms with van der Waals surface area (Å²) >= 11 is 0. The lowest BCUT2D eigenvalue weighted by Gasteiger charge is -2.29. The van der Waals surface area contributed by atoms with Crippen LogP contribution in [0.5, 0.6) is 0 Å². The van der Waals surface area contributed by atoms with E-state index in [4.69, 9.17) is 5.11 Å². The van der Waals surface area contributed by atoms with E-state index in [-0.39, 0.29) is 19.0 Å². The van der Waals surface area contributed by atoms with Gasteiger partial charge < -0.3 is 10.0 Å². The second kappa shape index (κ2) is 8.79. The Balaban J connectivity index is 2.95. The number of amides is 2. The van der Waals surface area contributed by atoms with E-state index in [1.165, 1.54) is 4.90 Å². The molecule has 0 aromatic heterocycles. The Morgan fingerprint density at radius 1 is 1.24 bits per heavy atom. The molecule has 0 aliphatic heterocycles. The molecule has 0 radical (unpaired) electrons. The van der Waals surface area contributed by atoms with Gasteiger partial charge in [0.25, 0.3) is 0 Å². The maximum absolute atomic E-state index is 12.6. The number of carbonyl (C=O) groups is 2. The molecule has 2 amide bonds. The number of carboxylic acid groups (broad SMARTS) is 1. The zero-order chi connectivity index (χ0) is 15.7. The smallest absolute Gasteiger partial charge is 0.324 e. The minimum Gasteiger partial charge on any atom is -0.481 e. The molecule has 5 heteroatoms. The lowest BCUT2D eigenvalue weighted by molar-refractivity contribution is -0.136. The van der Waals surface area contributed by atoms with Crippen LogP contribution in [0.3, 0.4) is 0 Å². The first-order chi connectivity index (χ1) is 10.1. The van der Waals surface area contributed by atoms with Gasteiger partial charge in [0.2, 0.25) is 0 Å². The molecule has 0 bridgehead atoms. The summed E-state index contributed by atoms with van der Waals surface area (Å²) in [7, 11) is 0. The first-order valence-electron chi connectivity index (χ1n) is 7.04. The molecule has 0 saturated carbocycles. The summed E-state index contributed by atoms with van der Waals surface area (Å²) in [6, 6.07) is 8.93. The fourth-order valence-corrected chi connectivity index (χ4v) is 2.01. The first-order valence-corrected chi connectivity index (χ1v) is 7.04. The van der Waals surface area contributed by atoms with Crippen molar-refractivity contribution >= 4 is 17.7 Å². The van der Waals surface area contributed by atoms with Gasteiger partial charge in [-0.25, -0.2) is 4.79 Å². The number of aliphatic carboxylic acids is 1. The fourth-order valence-electron chi connectivity index (χ4n) is 2.01. The molecule has 21 heavy (non-hydrogen) atoms. The number of hydrogen-bond donors (Lipinski definition) is 1. The molecular formula is C16H22N2O3. The van der Waals surface area contributed by atoms with Crippen LogP contribution in [0.1, 0.15) is 19.8 Å². The quantitative estimate of drug-likeness (QED) is 0.749. The largest absolute Gasteiger partial charge is 0.481 e. The van der Waals surface area contributed by atoms with Gasteiger partial charge in [-0.2, -0.15) is 0 Å². The number of anilines is 1. The average Bonchev–Trinajstić information content (AvgIpc) is 2.48. The molecule has 0 spiro atoms. The average molecular weight is 290 g/mol. The molecule has 0 unspecified atom stereocenters. The van der Waals surface area contributed by atoms with Gasteiger partial charge in [-0.15, -0.1) is 6.58 Å². The molecule has 1 N–H and O–H groups in total. The second-order valence-electron chi connectivity index (χ2n) is 4.65. The third kappa shape index (κ3) is 5.30. The van der Waals surface area contributed by atoms with Crippen LogP contribution in [0.4, 0.5) is 10.5 Å². The van der Waals surface area contributed by atoms with Crippen molar-refractivity contribution in [3.05, 3.63) is 43.0 Å². The molecule has 1 aromatic carbocycles. The second-order valence-corrected chi connectivity index (χ2v) is 4.65. The van der Waals surface area contributed by atoms with E-state index in [1.807, 2.05) is 25.1 Å². The minimum atomic E-state index is -0.922. The SMILES string of the molecule is C=CCN(CCC)C(=O)N(CCC(=O)O)c1ccccc1. The topological polar surface area (TPSA) is 60.9 Å². The lowest BCUT2D eigenvalue weighted by atomic mass is 10.2. The van der Waals surface area contributed by atoms with Crippen LogP contribution >= 0.6 is 0 Å². The van der Waals surface area contributed by atoms with Crippen LogP contribution in [-0.2, 0) is 4.79 Å². The van der Waals surface area contributed by atoms with E-state index in [2.05, 4.69) is 6.58 Å². The van der Waals surface area contributed by atoms with Crippen LogP contribution in [0, 0.1) is 0 Å². The normalized spacial score (nSPS) is 9.95. The summed E-state index contributed by atoms with van der Waals surface area (Å²) in [4.78, 5) is 26.6. The highest BCUT2D eigenvalue weighted by Gasteiger charge is 2.21. The van der Waals surface area contributed by atoms with Crippen molar-refractivity contribution in [2.24, 2.45) is 0 Å². The van der Waals surface area contributed by atoms with Crippen LogP contribution in [-0.4, -0.2) is 41.6 Å². The van der Waals surface area contributed by atoms with Gasteiger partial charge >= 0.3 is 12.0 Å². The van der Waals surface area contributed by atoms with Crippen molar-refractivity contribution in [2.45, 2.75) is 19.8 Å². The number of nitrogens with zero attached hydrogens (tertiary/aromatic N) is 2. The molecule has 0 heterocycles. The molecule has 1 aromatic rings. The lowest BCUT2D eigenvalue weighted by Crippen LogP contribution is -2.44. The summed E-state index contributed by atoms with van der Waals surface area (Å²) in [6.45, 7) is 6.87. The predicted octanol–water partition coefficient (Wildman–Crippen LogP) is 2.99. The molecule has 0 aliphatic carbocycles. The summed E-state index contributed by atoms with van der Waals surface area (Å²) in [6.07, 6.45) is 2.42. The zero-order valence-corrected chi connectivity index (χ0v) is 12.4. The highest BCUT2D eigenvalue weighted by molar-refractivity contribution is 5.92. The van der Waals surface area contributed by atoms with Gasteiger partial charge in [-0.05, 0) is 18.6 Å². The van der Waals surface area contributed by atoms with Gasteiger partial charge in [0, 0.05) is 25.3 Å². The van der Waals surface area contributed by atoms with E-state index < -0.39 is 5.97 Å². The summed E-state index contributed by atoms with van der Waals surface area (Å²) < 4.78 is 0. The third-order valence-electron chi connectivity index (χ3n) is 2.96. The Kier molecular flexibility index (Phi) is 7.01. The van der Waals surface area contributed by atoms with Gasteiger partial charge in [0.15, 0.2) is 0 Å². The maximum atomic E-state index is 12.6. The fraction of sp³-hybridized carbons (Fsp3) is 0.375. The van der Waals surface area contributed by atoms with E-state index in [1.54, 1.807) is 23.1 Å². The van der Waals surface area contributed by atoms with E-state index in [0.29, 0.717) is 18.8 Å². The van der Waals surface area contributed by atoms with Gasteiger partial charge in [0.1, 0.15) is 0 Å². The van der Waals surface area contributed by atoms with Crippen molar-refractivity contribution < 1.29 is 14.7 Å². The molecule has 5 nitrogen and oxygen atoms in total. The van der Waals surface area contributed by atoms with Crippen LogP contribution in [0.15, 0.2) is 43.0 Å². The van der Waals surface area contributed by atoms with E-state index in [9.17, 15) is 9.59 Å². The standard InChI is InChI=1S/C16H22N2O3/c1-3-11-17(12-4-2)16(21)18(13-10-15(19)20)14-8-6-5-7-9-14/h3,5-9H,1,4,10-13H2,2H3,(H,19,20). The molecule has 0 atom stereocenters. The number of urea groups is 1. The summed E-state index contributed by atoms with van der Waals surface area (Å²) in [5, 5.41) is 8.87. The summed E-state index contributed by atoms with van der Waals surface area (Å²) in [5.41, 5.74) is 0.703. The Morgan fingerprint density at radius 2 is 1.90 bits per heavy atom. The van der Waals surface area contributed by atoms with Crippen LogP contribution in [0.25, 0.3) is 0 Å². The molecule has 0 fully saturated rings. The van der Waals surface area contributed by atoms with Gasteiger partial charge in [-0.3, -0.25) is 9.69 Å². The van der Waals surface area contributed by atoms with Crippen molar-refractivity contribution in [3.8, 4) is 0 Å². The Labute approximate surface area is 125 Å². The summed E-state index contributed by atoms with van der Waals surface area (Å²) in [5.74, 6) is -0.922. The highest BCUT2D eigenvalue weighted by Crippen LogP contribution is 2.16. The zero-order valence-electron chi connectivity index (χ0n) is 12.4. The maximum Gasteiger partial charge on any atom is 0.324 e. The molecule has 0 aliphatic rings. The van der Waals surface area contributed by atoms with Crippen LogP contribution in [0.2, 0.25) is 0 Å². The third-order valence-corrected chi connectivity index (χ3v) is 2.96. The van der Waals surface area contributed by atoms with Crippen LogP contribution < -0.4 is 4.90 Å². The Hall–Kier alpha value is -2.30. The van der Waals surface area contributed by atoms with E-state index >= 15 is 0 Å².